The number of hydrogen-bond donors (Lipinski definition) is 4. The number of amides is 2. The molecule has 1 aromatic carbocycles. The molecule has 0 atom stereocenters. The van der Waals surface area contributed by atoms with E-state index in [1.165, 1.54) is 7.05 Å². The lowest BCUT2D eigenvalue weighted by atomic mass is 10.2. The van der Waals surface area contributed by atoms with Gasteiger partial charge in [-0.05, 0) is 38.7 Å². The van der Waals surface area contributed by atoms with E-state index in [-0.39, 0.29) is 6.03 Å². The molecule has 0 heterocycles. The highest BCUT2D eigenvalue weighted by Gasteiger charge is 2.00. The fourth-order valence-electron chi connectivity index (χ4n) is 1.68. The molecule has 0 saturated heterocycles. The monoisotopic (exact) mass is 346 g/mol. The molecule has 0 aliphatic rings. The maximum Gasteiger partial charge on any atom is 0.315 e. The molecule has 1 rings (SSSR count). The van der Waals surface area contributed by atoms with Crippen LogP contribution in [0.25, 0.3) is 0 Å². The Kier molecular flexibility index (Phi) is 19.6. The fourth-order valence-corrected chi connectivity index (χ4v) is 1.68. The zero-order valence-corrected chi connectivity index (χ0v) is 16.0. The molecule has 0 fully saturated rings. The molecule has 0 saturated carbocycles. The van der Waals surface area contributed by atoms with E-state index in [4.69, 9.17) is 0 Å². The summed E-state index contributed by atoms with van der Waals surface area (Å²) >= 11 is 0. The lowest BCUT2D eigenvalue weighted by Crippen LogP contribution is -2.35. The Morgan fingerprint density at radius 1 is 1.16 bits per heavy atom. The number of carbonyl (C=O) groups excluding carboxylic acids is 1. The third kappa shape index (κ3) is 16.3. The molecule has 0 unspecified atom stereocenters. The number of hydrogen-bond acceptors (Lipinski definition) is 3. The molecule has 140 valence electrons. The van der Waals surface area contributed by atoms with Crippen molar-refractivity contribution in [3.63, 3.8) is 0 Å². The van der Waals surface area contributed by atoms with Crippen molar-refractivity contribution in [1.29, 1.82) is 0 Å². The van der Waals surface area contributed by atoms with E-state index in [9.17, 15) is 4.79 Å². The molecule has 1 aromatic rings. The summed E-state index contributed by atoms with van der Waals surface area (Å²) in [5.74, 6) is 0. The Balaban J connectivity index is 0. The SMILES string of the molecule is C=C/C=C\C(=C/CC)CNC(=O)NCc1ccccc1.CN.CNC. The minimum atomic E-state index is -0.164. The van der Waals surface area contributed by atoms with Crippen LogP contribution in [0.1, 0.15) is 18.9 Å². The second-order valence-electron chi connectivity index (χ2n) is 4.80. The Morgan fingerprint density at radius 3 is 2.28 bits per heavy atom. The average Bonchev–Trinajstić information content (AvgIpc) is 2.65. The fraction of sp³-hybridized carbons (Fsp3) is 0.350. The van der Waals surface area contributed by atoms with Gasteiger partial charge in [-0.25, -0.2) is 4.79 Å². The lowest BCUT2D eigenvalue weighted by molar-refractivity contribution is 0.241. The maximum atomic E-state index is 11.7. The Bertz CT molecular complexity index is 496. The highest BCUT2D eigenvalue weighted by atomic mass is 16.2. The summed E-state index contributed by atoms with van der Waals surface area (Å²) in [5, 5.41) is 8.42. The normalized spacial score (nSPS) is 10.0. The van der Waals surface area contributed by atoms with Gasteiger partial charge < -0.3 is 21.7 Å². The number of benzene rings is 1. The molecule has 5 N–H and O–H groups in total. The van der Waals surface area contributed by atoms with Crippen LogP contribution in [-0.4, -0.2) is 33.7 Å². The molecule has 0 spiro atoms. The van der Waals surface area contributed by atoms with Gasteiger partial charge in [-0.3, -0.25) is 0 Å². The predicted octanol–water partition coefficient (Wildman–Crippen LogP) is 2.97. The number of rotatable bonds is 7. The van der Waals surface area contributed by atoms with Gasteiger partial charge in [0.05, 0.1) is 0 Å². The maximum absolute atomic E-state index is 11.7. The summed E-state index contributed by atoms with van der Waals surface area (Å²) in [7, 11) is 5.25. The van der Waals surface area contributed by atoms with E-state index in [1.807, 2.05) is 56.6 Å². The van der Waals surface area contributed by atoms with E-state index < -0.39 is 0 Å². The molecule has 0 aliphatic carbocycles. The van der Waals surface area contributed by atoms with Crippen molar-refractivity contribution in [2.24, 2.45) is 5.73 Å². The summed E-state index contributed by atoms with van der Waals surface area (Å²) in [6.07, 6.45) is 8.56. The molecule has 0 radical (unpaired) electrons. The van der Waals surface area contributed by atoms with Crippen LogP contribution >= 0.6 is 0 Å². The Morgan fingerprint density at radius 2 is 1.76 bits per heavy atom. The lowest BCUT2D eigenvalue weighted by Gasteiger charge is -2.08. The molecule has 5 nitrogen and oxygen atoms in total. The van der Waals surface area contributed by atoms with Crippen molar-refractivity contribution in [3.05, 3.63) is 72.4 Å². The van der Waals surface area contributed by atoms with Gasteiger partial charge in [-0.2, -0.15) is 0 Å². The van der Waals surface area contributed by atoms with Gasteiger partial charge in [0.25, 0.3) is 0 Å². The third-order valence-corrected chi connectivity index (χ3v) is 2.66. The molecule has 5 heteroatoms. The first-order valence-corrected chi connectivity index (χ1v) is 8.37. The first-order valence-electron chi connectivity index (χ1n) is 8.37. The minimum absolute atomic E-state index is 0.164. The van der Waals surface area contributed by atoms with Crippen LogP contribution in [0.5, 0.6) is 0 Å². The minimum Gasteiger partial charge on any atom is -0.334 e. The van der Waals surface area contributed by atoms with Gasteiger partial charge in [-0.15, -0.1) is 0 Å². The van der Waals surface area contributed by atoms with Gasteiger partial charge >= 0.3 is 6.03 Å². The van der Waals surface area contributed by atoms with Crippen LogP contribution in [-0.2, 0) is 6.54 Å². The van der Waals surface area contributed by atoms with Crippen LogP contribution in [0.4, 0.5) is 4.79 Å². The Labute approximate surface area is 153 Å². The van der Waals surface area contributed by atoms with Crippen molar-refractivity contribution in [2.75, 3.05) is 27.7 Å². The van der Waals surface area contributed by atoms with Crippen LogP contribution in [0.2, 0.25) is 0 Å². The highest BCUT2D eigenvalue weighted by molar-refractivity contribution is 5.74. The molecular formula is C20H34N4O. The molecule has 0 aromatic heterocycles. The predicted molar refractivity (Wildman–Crippen MR) is 109 cm³/mol. The van der Waals surface area contributed by atoms with Crippen molar-refractivity contribution >= 4 is 6.03 Å². The first-order chi connectivity index (χ1) is 12.2. The molecule has 0 aliphatic heterocycles. The summed E-state index contributed by atoms with van der Waals surface area (Å²) < 4.78 is 0. The van der Waals surface area contributed by atoms with Crippen molar-refractivity contribution in [3.8, 4) is 0 Å². The van der Waals surface area contributed by atoms with E-state index in [0.717, 1.165) is 17.6 Å². The van der Waals surface area contributed by atoms with E-state index in [0.29, 0.717) is 13.1 Å². The van der Waals surface area contributed by atoms with E-state index in [1.54, 1.807) is 6.08 Å². The van der Waals surface area contributed by atoms with Gasteiger partial charge in [0.1, 0.15) is 0 Å². The summed E-state index contributed by atoms with van der Waals surface area (Å²) in [4.78, 5) is 11.7. The highest BCUT2D eigenvalue weighted by Crippen LogP contribution is 1.99. The topological polar surface area (TPSA) is 79.2 Å². The number of urea groups is 1. The quantitative estimate of drug-likeness (QED) is 0.573. The molecule has 2 amide bonds. The van der Waals surface area contributed by atoms with Gasteiger partial charge in [0.15, 0.2) is 0 Å². The van der Waals surface area contributed by atoms with Crippen LogP contribution in [0.15, 0.2) is 66.8 Å². The first kappa shape index (κ1) is 24.9. The summed E-state index contributed by atoms with van der Waals surface area (Å²) in [6, 6.07) is 9.67. The van der Waals surface area contributed by atoms with Crippen LogP contribution in [0.3, 0.4) is 0 Å². The molecule has 0 bridgehead atoms. The zero-order chi connectivity index (χ0) is 19.3. The van der Waals surface area contributed by atoms with Crippen LogP contribution < -0.4 is 21.7 Å². The van der Waals surface area contributed by atoms with Crippen molar-refractivity contribution < 1.29 is 4.79 Å². The summed E-state index contributed by atoms with van der Waals surface area (Å²) in [6.45, 7) is 6.75. The zero-order valence-electron chi connectivity index (χ0n) is 16.0. The largest absolute Gasteiger partial charge is 0.334 e. The van der Waals surface area contributed by atoms with E-state index >= 15 is 0 Å². The van der Waals surface area contributed by atoms with Crippen LogP contribution in [0, 0.1) is 0 Å². The number of allylic oxidation sites excluding steroid dienone is 3. The van der Waals surface area contributed by atoms with Crippen molar-refractivity contribution in [2.45, 2.75) is 19.9 Å². The number of nitrogens with two attached hydrogens (primary N) is 1. The van der Waals surface area contributed by atoms with E-state index in [2.05, 4.69) is 41.3 Å². The standard InChI is InChI=1S/C17H22N2O.C2H7N.CH5N/c1-3-5-10-15(9-4-2)13-18-17(20)19-14-16-11-7-6-8-12-16;1-3-2;1-2/h3,5-12H,1,4,13-14H2,2H3,(H2,18,19,20);3H,1-2H3;2H2,1H3/b10-5-,15-9+;;. The smallest absolute Gasteiger partial charge is 0.315 e. The van der Waals surface area contributed by atoms with Crippen molar-refractivity contribution in [1.82, 2.24) is 16.0 Å². The van der Waals surface area contributed by atoms with Gasteiger partial charge in [-0.1, -0.05) is 68.1 Å². The molecular weight excluding hydrogens is 312 g/mol. The second-order valence-corrected chi connectivity index (χ2v) is 4.80. The third-order valence-electron chi connectivity index (χ3n) is 2.66. The number of nitrogens with one attached hydrogen (secondary N) is 3. The van der Waals surface area contributed by atoms with Gasteiger partial charge in [0, 0.05) is 13.1 Å². The average molecular weight is 347 g/mol. The molecule has 25 heavy (non-hydrogen) atoms. The second kappa shape index (κ2) is 19.7. The summed E-state index contributed by atoms with van der Waals surface area (Å²) in [5.41, 5.74) is 6.65. The Hall–Kier alpha value is -2.37. The van der Waals surface area contributed by atoms with Gasteiger partial charge in [0.2, 0.25) is 0 Å². The number of carbonyl (C=O) groups is 1.